The Morgan fingerprint density at radius 1 is 1.17 bits per heavy atom. The third-order valence-electron chi connectivity index (χ3n) is 5.76. The quantitative estimate of drug-likeness (QED) is 0.769. The van der Waals surface area contributed by atoms with Crippen LogP contribution in [0.5, 0.6) is 5.75 Å². The second-order valence-electron chi connectivity index (χ2n) is 8.39. The average Bonchev–Trinajstić information content (AvgIpc) is 3.37. The highest BCUT2D eigenvalue weighted by Crippen LogP contribution is 2.33. The maximum absolute atomic E-state index is 13.2. The fraction of sp³-hybridized carbons (Fsp3) is 0.478. The molecule has 0 spiro atoms. The average molecular weight is 396 g/mol. The van der Waals surface area contributed by atoms with Crippen molar-refractivity contribution in [3.05, 3.63) is 54.0 Å². The molecule has 0 N–H and O–H groups in total. The fourth-order valence-electron chi connectivity index (χ4n) is 4.59. The molecule has 0 aliphatic carbocycles. The Bertz CT molecular complexity index is 850. The molecule has 1 fully saturated rings. The normalized spacial score (nSPS) is 25.1. The molecule has 1 aromatic heterocycles. The van der Waals surface area contributed by atoms with Gasteiger partial charge in [0.1, 0.15) is 17.6 Å². The topological polar surface area (TPSA) is 58.3 Å². The Kier molecular flexibility index (Phi) is 5.72. The summed E-state index contributed by atoms with van der Waals surface area (Å²) in [5.41, 5.74) is 1.89. The lowest BCUT2D eigenvalue weighted by Gasteiger charge is -2.35. The van der Waals surface area contributed by atoms with Crippen molar-refractivity contribution in [2.24, 2.45) is 16.9 Å². The highest BCUT2D eigenvalue weighted by atomic mass is 16.5. The Morgan fingerprint density at radius 2 is 1.90 bits per heavy atom. The van der Waals surface area contributed by atoms with Crippen LogP contribution in [0.25, 0.3) is 0 Å². The van der Waals surface area contributed by atoms with Gasteiger partial charge in [-0.1, -0.05) is 13.8 Å². The minimum atomic E-state index is -0.200. The molecule has 154 valence electrons. The number of hydrogen-bond donors (Lipinski definition) is 0. The summed E-state index contributed by atoms with van der Waals surface area (Å²) in [6, 6.07) is 11.4. The van der Waals surface area contributed by atoms with Gasteiger partial charge in [-0.15, -0.1) is 0 Å². The van der Waals surface area contributed by atoms with Crippen molar-refractivity contribution in [2.75, 3.05) is 26.7 Å². The van der Waals surface area contributed by atoms with Crippen LogP contribution in [0.15, 0.2) is 52.2 Å². The lowest BCUT2D eigenvalue weighted by molar-refractivity contribution is -0.135. The Balaban J connectivity index is 1.55. The van der Waals surface area contributed by atoms with Crippen LogP contribution in [0.4, 0.5) is 0 Å². The molecular weight excluding hydrogens is 366 g/mol. The molecule has 6 nitrogen and oxygen atoms in total. The number of carbonyl (C=O) groups is 1. The molecule has 0 unspecified atom stereocenters. The molecule has 4 rings (SSSR count). The van der Waals surface area contributed by atoms with Crippen LogP contribution in [-0.2, 0) is 4.79 Å². The minimum Gasteiger partial charge on any atom is -0.497 e. The van der Waals surface area contributed by atoms with E-state index in [2.05, 4.69) is 18.7 Å². The molecule has 3 heterocycles. The molecule has 6 heteroatoms. The number of nitrogens with zero attached hydrogens (tertiary/aromatic N) is 3. The number of hydrazone groups is 1. The zero-order valence-electron chi connectivity index (χ0n) is 17.4. The Labute approximate surface area is 172 Å². The van der Waals surface area contributed by atoms with Crippen molar-refractivity contribution in [3.8, 4) is 5.75 Å². The summed E-state index contributed by atoms with van der Waals surface area (Å²) in [6.07, 6.45) is 3.51. The van der Waals surface area contributed by atoms with Crippen molar-refractivity contribution in [3.63, 3.8) is 0 Å². The van der Waals surface area contributed by atoms with Crippen LogP contribution in [0.3, 0.4) is 0 Å². The van der Waals surface area contributed by atoms with Gasteiger partial charge in [0, 0.05) is 19.5 Å². The van der Waals surface area contributed by atoms with Crippen molar-refractivity contribution in [1.29, 1.82) is 0 Å². The lowest BCUT2D eigenvalue weighted by atomic mass is 9.92. The summed E-state index contributed by atoms with van der Waals surface area (Å²) in [6.45, 7) is 6.84. The minimum absolute atomic E-state index is 0.0243. The zero-order chi connectivity index (χ0) is 20.4. The highest BCUT2D eigenvalue weighted by molar-refractivity contribution is 6.03. The van der Waals surface area contributed by atoms with Gasteiger partial charge in [-0.25, -0.2) is 5.01 Å². The summed E-state index contributed by atoms with van der Waals surface area (Å²) in [5, 5.41) is 6.35. The first-order valence-corrected chi connectivity index (χ1v) is 10.3. The second kappa shape index (κ2) is 8.41. The molecule has 2 aromatic rings. The predicted octanol–water partition coefficient (Wildman–Crippen LogP) is 3.94. The molecule has 2 aliphatic rings. The van der Waals surface area contributed by atoms with Crippen LogP contribution >= 0.6 is 0 Å². The smallest absolute Gasteiger partial charge is 0.257 e. The van der Waals surface area contributed by atoms with E-state index in [-0.39, 0.29) is 11.9 Å². The van der Waals surface area contributed by atoms with Gasteiger partial charge >= 0.3 is 0 Å². The number of methoxy groups -OCH3 is 1. The number of likely N-dealkylation sites (tertiary alicyclic amines) is 1. The van der Waals surface area contributed by atoms with E-state index in [9.17, 15) is 4.79 Å². The predicted molar refractivity (Wildman–Crippen MR) is 112 cm³/mol. The first kappa shape index (κ1) is 19.7. The van der Waals surface area contributed by atoms with Crippen LogP contribution in [0, 0.1) is 11.8 Å². The molecule has 1 saturated heterocycles. The van der Waals surface area contributed by atoms with Gasteiger partial charge in [0.2, 0.25) is 0 Å². The fourth-order valence-corrected chi connectivity index (χ4v) is 4.59. The number of ether oxygens (including phenoxy) is 1. The maximum Gasteiger partial charge on any atom is 0.257 e. The number of hydrogen-bond acceptors (Lipinski definition) is 5. The summed E-state index contributed by atoms with van der Waals surface area (Å²) < 4.78 is 10.9. The number of rotatable bonds is 5. The molecule has 29 heavy (non-hydrogen) atoms. The van der Waals surface area contributed by atoms with Crippen LogP contribution in [-0.4, -0.2) is 48.3 Å². The molecule has 3 atom stereocenters. The summed E-state index contributed by atoms with van der Waals surface area (Å²) in [5.74, 6) is 2.83. The van der Waals surface area contributed by atoms with Gasteiger partial charge in [0.05, 0.1) is 25.6 Å². The van der Waals surface area contributed by atoms with Crippen molar-refractivity contribution in [1.82, 2.24) is 9.91 Å². The van der Waals surface area contributed by atoms with Gasteiger partial charge in [0.15, 0.2) is 0 Å². The first-order valence-electron chi connectivity index (χ1n) is 10.3. The maximum atomic E-state index is 13.2. The molecule has 0 saturated carbocycles. The number of piperidine rings is 1. The van der Waals surface area contributed by atoms with E-state index in [4.69, 9.17) is 14.3 Å². The summed E-state index contributed by atoms with van der Waals surface area (Å²) >= 11 is 0. The lowest BCUT2D eigenvalue weighted by Crippen LogP contribution is -2.44. The first-order chi connectivity index (χ1) is 14.0. The van der Waals surface area contributed by atoms with E-state index >= 15 is 0 Å². The van der Waals surface area contributed by atoms with Crippen molar-refractivity contribution < 1.29 is 13.9 Å². The van der Waals surface area contributed by atoms with E-state index in [1.807, 2.05) is 36.4 Å². The van der Waals surface area contributed by atoms with Crippen LogP contribution in [0.1, 0.15) is 44.1 Å². The SMILES string of the molecule is COc1ccc(C2=NN(C(=O)CN3C[C@H](C)C[C@@H](C)C3)[C@H](c3ccco3)C2)cc1. The van der Waals surface area contributed by atoms with Gasteiger partial charge in [0.25, 0.3) is 5.91 Å². The van der Waals surface area contributed by atoms with Crippen LogP contribution in [0.2, 0.25) is 0 Å². The van der Waals surface area contributed by atoms with Gasteiger partial charge in [-0.05, 0) is 60.2 Å². The monoisotopic (exact) mass is 395 g/mol. The Morgan fingerprint density at radius 3 is 2.52 bits per heavy atom. The largest absolute Gasteiger partial charge is 0.497 e. The van der Waals surface area contributed by atoms with Crippen LogP contribution < -0.4 is 4.74 Å². The van der Waals surface area contributed by atoms with Gasteiger partial charge in [-0.3, -0.25) is 9.69 Å². The third kappa shape index (κ3) is 4.37. The second-order valence-corrected chi connectivity index (χ2v) is 8.39. The molecule has 2 aliphatic heterocycles. The number of amides is 1. The van der Waals surface area contributed by atoms with Crippen molar-refractivity contribution in [2.45, 2.75) is 32.7 Å². The molecule has 0 bridgehead atoms. The Hall–Kier alpha value is -2.60. The molecule has 1 aromatic carbocycles. The standard InChI is InChI=1S/C23H29N3O3/c1-16-11-17(2)14-25(13-16)15-23(27)26-21(22-5-4-10-29-22)12-20(24-26)18-6-8-19(28-3)9-7-18/h4-10,16-17,21H,11-15H2,1-3H3/t16-,17-,21+/m1/s1. The highest BCUT2D eigenvalue weighted by Gasteiger charge is 2.36. The van der Waals surface area contributed by atoms with Gasteiger partial charge in [-0.2, -0.15) is 5.10 Å². The van der Waals surface area contributed by atoms with E-state index in [1.54, 1.807) is 18.4 Å². The van der Waals surface area contributed by atoms with E-state index in [0.717, 1.165) is 35.9 Å². The van der Waals surface area contributed by atoms with E-state index < -0.39 is 0 Å². The number of carbonyl (C=O) groups excluding carboxylic acids is 1. The summed E-state index contributed by atoms with van der Waals surface area (Å²) in [7, 11) is 1.65. The number of benzene rings is 1. The molecule has 1 amide bonds. The zero-order valence-corrected chi connectivity index (χ0v) is 17.4. The molecule has 0 radical (unpaired) electrons. The van der Waals surface area contributed by atoms with E-state index in [0.29, 0.717) is 24.8 Å². The van der Waals surface area contributed by atoms with Crippen molar-refractivity contribution >= 4 is 11.6 Å². The van der Waals surface area contributed by atoms with Gasteiger partial charge < -0.3 is 9.15 Å². The summed E-state index contributed by atoms with van der Waals surface area (Å²) in [4.78, 5) is 15.5. The number of furan rings is 1. The third-order valence-corrected chi connectivity index (χ3v) is 5.76. The van der Waals surface area contributed by atoms with E-state index in [1.165, 1.54) is 6.42 Å². The molecular formula is C23H29N3O3.